The predicted octanol–water partition coefficient (Wildman–Crippen LogP) is 2.93. The maximum absolute atomic E-state index is 13.5. The molecule has 32 heavy (non-hydrogen) atoms. The molecule has 1 saturated heterocycles. The molecule has 7 nitrogen and oxygen atoms in total. The number of carbonyl (C=O) groups is 2. The topological polar surface area (TPSA) is 99.7 Å². The number of rotatable bonds is 7. The normalized spacial score (nSPS) is 16.1. The number of nitrogens with one attached hydrogen (secondary N) is 1. The largest absolute Gasteiger partial charge is 0.469 e. The van der Waals surface area contributed by atoms with E-state index in [-0.39, 0.29) is 17.7 Å². The monoisotopic (exact) mass is 432 g/mol. The fourth-order valence-electron chi connectivity index (χ4n) is 4.31. The molecule has 0 unspecified atom stereocenters. The Morgan fingerprint density at radius 2 is 1.72 bits per heavy atom. The summed E-state index contributed by atoms with van der Waals surface area (Å²) >= 11 is 0. The molecule has 0 spiro atoms. The van der Waals surface area contributed by atoms with Crippen LogP contribution in [-0.4, -0.2) is 49.4 Å². The smallest absolute Gasteiger partial charge is 0.305 e. The van der Waals surface area contributed by atoms with Crippen molar-refractivity contribution in [3.63, 3.8) is 0 Å². The van der Waals surface area contributed by atoms with E-state index in [1.165, 1.54) is 7.11 Å². The van der Waals surface area contributed by atoms with E-state index in [9.17, 15) is 9.59 Å². The van der Waals surface area contributed by atoms with Crippen molar-refractivity contribution >= 4 is 29.0 Å². The van der Waals surface area contributed by atoms with Crippen LogP contribution in [0.5, 0.6) is 0 Å². The molecule has 0 bridgehead atoms. The number of methoxy groups -OCH3 is 1. The average molecular weight is 433 g/mol. The zero-order valence-electron chi connectivity index (χ0n) is 18.3. The van der Waals surface area contributed by atoms with E-state index in [0.717, 1.165) is 54.0 Å². The number of nitrogen functional groups attached to an aromatic ring is 1. The van der Waals surface area contributed by atoms with Crippen molar-refractivity contribution in [2.45, 2.75) is 25.7 Å². The Labute approximate surface area is 188 Å². The van der Waals surface area contributed by atoms with E-state index in [1.807, 2.05) is 36.4 Å². The van der Waals surface area contributed by atoms with Gasteiger partial charge in [-0.15, -0.1) is 0 Å². The van der Waals surface area contributed by atoms with Crippen LogP contribution < -0.4 is 10.6 Å². The number of hydrogen-bond acceptors (Lipinski definition) is 5. The van der Waals surface area contributed by atoms with Gasteiger partial charge in [-0.05, 0) is 54.7 Å². The number of carbonyl (C=O) groups excluding carboxylic acids is 2. The van der Waals surface area contributed by atoms with E-state index < -0.39 is 0 Å². The van der Waals surface area contributed by atoms with Gasteiger partial charge in [-0.3, -0.25) is 15.0 Å². The lowest BCUT2D eigenvalue weighted by molar-refractivity contribution is -0.140. The van der Waals surface area contributed by atoms with Crippen LogP contribution in [0.4, 0.5) is 5.69 Å². The van der Waals surface area contributed by atoms with Gasteiger partial charge in [0.2, 0.25) is 0 Å². The molecule has 0 aromatic heterocycles. The minimum atomic E-state index is -0.231. The van der Waals surface area contributed by atoms with Gasteiger partial charge in [0, 0.05) is 36.5 Å². The number of benzene rings is 2. The minimum absolute atomic E-state index is 0.00755. The number of likely N-dealkylation sites (tertiary alicyclic amines) is 1. The molecule has 2 aromatic rings. The van der Waals surface area contributed by atoms with Gasteiger partial charge in [-0.2, -0.15) is 0 Å². The molecule has 166 valence electrons. The second-order valence-electron chi connectivity index (χ2n) is 8.14. The molecular formula is C25H28N4O3. The van der Waals surface area contributed by atoms with Gasteiger partial charge in [0.25, 0.3) is 5.91 Å². The number of hydrogen-bond donors (Lipinski definition) is 2. The second kappa shape index (κ2) is 9.26. The molecule has 3 N–H and O–H groups in total. The van der Waals surface area contributed by atoms with Gasteiger partial charge in [0.1, 0.15) is 5.84 Å². The van der Waals surface area contributed by atoms with Crippen molar-refractivity contribution in [3.05, 3.63) is 70.9 Å². The quantitative estimate of drug-likeness (QED) is 0.398. The summed E-state index contributed by atoms with van der Waals surface area (Å²) in [4.78, 5) is 29.1. The number of esters is 1. The summed E-state index contributed by atoms with van der Waals surface area (Å²) in [6.45, 7) is 2.44. The van der Waals surface area contributed by atoms with Gasteiger partial charge < -0.3 is 20.3 Å². The van der Waals surface area contributed by atoms with Crippen LogP contribution in [0.1, 0.15) is 36.0 Å². The van der Waals surface area contributed by atoms with E-state index in [1.54, 1.807) is 17.0 Å². The van der Waals surface area contributed by atoms with Crippen molar-refractivity contribution in [2.24, 2.45) is 5.73 Å². The van der Waals surface area contributed by atoms with Crippen molar-refractivity contribution < 1.29 is 14.3 Å². The Kier molecular flexibility index (Phi) is 6.25. The Balaban J connectivity index is 1.61. The third-order valence-corrected chi connectivity index (χ3v) is 6.12. The van der Waals surface area contributed by atoms with E-state index in [2.05, 4.69) is 4.90 Å². The van der Waals surface area contributed by atoms with Crippen molar-refractivity contribution in [1.29, 1.82) is 5.41 Å². The fraction of sp³-hybridized carbons (Fsp3) is 0.320. The SMILES string of the molecule is COC(=O)CCc1ccc(C2=C(N3CCCC3)CN(c3ccc(C(=N)N)cc3)C2=O)cc1. The Bertz CT molecular complexity index is 1050. The highest BCUT2D eigenvalue weighted by molar-refractivity contribution is 6.29. The average Bonchev–Trinajstić information content (AvgIpc) is 3.46. The Morgan fingerprint density at radius 3 is 2.31 bits per heavy atom. The number of nitrogens with zero attached hydrogens (tertiary/aromatic N) is 2. The molecule has 0 radical (unpaired) electrons. The number of anilines is 1. The molecular weight excluding hydrogens is 404 g/mol. The van der Waals surface area contributed by atoms with Crippen LogP contribution in [0.25, 0.3) is 5.57 Å². The number of ether oxygens (including phenoxy) is 1. The molecule has 2 aliphatic heterocycles. The molecule has 2 aromatic carbocycles. The molecule has 1 fully saturated rings. The maximum Gasteiger partial charge on any atom is 0.305 e. The van der Waals surface area contributed by atoms with Crippen molar-refractivity contribution in [3.8, 4) is 0 Å². The van der Waals surface area contributed by atoms with Gasteiger partial charge in [-0.1, -0.05) is 24.3 Å². The van der Waals surface area contributed by atoms with Gasteiger partial charge >= 0.3 is 5.97 Å². The zero-order valence-corrected chi connectivity index (χ0v) is 18.3. The first-order chi connectivity index (χ1) is 15.5. The van der Waals surface area contributed by atoms with Crippen LogP contribution in [0.15, 0.2) is 54.2 Å². The molecule has 0 saturated carbocycles. The Hall–Kier alpha value is -3.61. The van der Waals surface area contributed by atoms with Crippen molar-refractivity contribution in [2.75, 3.05) is 31.6 Å². The predicted molar refractivity (Wildman–Crippen MR) is 124 cm³/mol. The van der Waals surface area contributed by atoms with Crippen LogP contribution in [0, 0.1) is 5.41 Å². The molecule has 1 amide bonds. The first-order valence-corrected chi connectivity index (χ1v) is 10.9. The summed E-state index contributed by atoms with van der Waals surface area (Å²) in [5.74, 6) is -0.247. The third-order valence-electron chi connectivity index (χ3n) is 6.12. The van der Waals surface area contributed by atoms with Crippen LogP contribution in [-0.2, 0) is 20.7 Å². The molecule has 4 rings (SSSR count). The Morgan fingerprint density at radius 1 is 1.06 bits per heavy atom. The summed E-state index contributed by atoms with van der Waals surface area (Å²) < 4.78 is 4.72. The van der Waals surface area contributed by atoms with Gasteiger partial charge in [0.05, 0.1) is 19.2 Å². The molecule has 0 atom stereocenters. The molecule has 0 aliphatic carbocycles. The standard InChI is InChI=1S/C25H28N4O3/c1-32-22(30)13-6-17-4-7-18(8-5-17)23-21(28-14-2-3-15-28)16-29(25(23)31)20-11-9-19(10-12-20)24(26)27/h4-5,7-12H,2-3,6,13-16H2,1H3,(H3,26,27). The number of amidine groups is 1. The van der Waals surface area contributed by atoms with Crippen molar-refractivity contribution in [1.82, 2.24) is 4.90 Å². The molecule has 2 heterocycles. The molecule has 7 heteroatoms. The van der Waals surface area contributed by atoms with Crippen LogP contribution in [0.3, 0.4) is 0 Å². The lowest BCUT2D eigenvalue weighted by Gasteiger charge is -2.22. The lowest BCUT2D eigenvalue weighted by Crippen LogP contribution is -2.28. The maximum atomic E-state index is 13.5. The number of aryl methyl sites for hydroxylation is 1. The first kappa shape index (κ1) is 21.6. The summed E-state index contributed by atoms with van der Waals surface area (Å²) in [5, 5.41) is 7.58. The zero-order chi connectivity index (χ0) is 22.7. The summed E-state index contributed by atoms with van der Waals surface area (Å²) in [5.41, 5.74) is 10.7. The van der Waals surface area contributed by atoms with E-state index >= 15 is 0 Å². The van der Waals surface area contributed by atoms with Crippen LogP contribution >= 0.6 is 0 Å². The third kappa shape index (κ3) is 4.37. The lowest BCUT2D eigenvalue weighted by atomic mass is 10.0. The first-order valence-electron chi connectivity index (χ1n) is 10.9. The summed E-state index contributed by atoms with van der Waals surface area (Å²) in [6, 6.07) is 15.1. The highest BCUT2D eigenvalue weighted by Crippen LogP contribution is 2.35. The van der Waals surface area contributed by atoms with Gasteiger partial charge in [-0.25, -0.2) is 0 Å². The van der Waals surface area contributed by atoms with Crippen LogP contribution in [0.2, 0.25) is 0 Å². The number of amides is 1. The number of nitrogens with two attached hydrogens (primary N) is 1. The summed E-state index contributed by atoms with van der Waals surface area (Å²) in [6.07, 6.45) is 3.20. The second-order valence-corrected chi connectivity index (χ2v) is 8.14. The fourth-order valence-corrected chi connectivity index (χ4v) is 4.31. The summed E-state index contributed by atoms with van der Waals surface area (Å²) in [7, 11) is 1.39. The van der Waals surface area contributed by atoms with E-state index in [0.29, 0.717) is 24.9 Å². The van der Waals surface area contributed by atoms with E-state index in [4.69, 9.17) is 15.9 Å². The highest BCUT2D eigenvalue weighted by Gasteiger charge is 2.35. The highest BCUT2D eigenvalue weighted by atomic mass is 16.5. The molecule has 2 aliphatic rings. The minimum Gasteiger partial charge on any atom is -0.469 e. The van der Waals surface area contributed by atoms with Gasteiger partial charge in [0.15, 0.2) is 0 Å².